The van der Waals surface area contributed by atoms with Crippen molar-refractivity contribution in [3.8, 4) is 0 Å². The quantitative estimate of drug-likeness (QED) is 0.275. The van der Waals surface area contributed by atoms with Crippen molar-refractivity contribution in [1.82, 2.24) is 0 Å². The second kappa shape index (κ2) is 6.17. The molecule has 0 radical (unpaired) electrons. The van der Waals surface area contributed by atoms with Gasteiger partial charge in [-0.05, 0) is 13.0 Å². The molecule has 0 fully saturated rings. The highest BCUT2D eigenvalue weighted by Crippen LogP contribution is 2.16. The average Bonchev–Trinajstić information content (AvgIpc) is 2.03. The molecule has 0 saturated carbocycles. The fraction of sp³-hybridized carbons (Fsp3) is 0.750. The summed E-state index contributed by atoms with van der Waals surface area (Å²) in [6, 6.07) is 1.27. The molecule has 0 aliphatic heterocycles. The minimum absolute atomic E-state index is 0.941. The van der Waals surface area contributed by atoms with Crippen LogP contribution in [-0.2, 0) is 0 Å². The van der Waals surface area contributed by atoms with E-state index in [9.17, 15) is 0 Å². The molecule has 0 aromatic rings. The Morgan fingerprint density at radius 3 is 2.29 bits per heavy atom. The van der Waals surface area contributed by atoms with Gasteiger partial charge in [0.2, 0.25) is 0 Å². The second-order valence-electron chi connectivity index (χ2n) is 5.12. The summed E-state index contributed by atoms with van der Waals surface area (Å²) in [6.45, 7) is 17.9. The molecule has 0 aliphatic carbocycles. The monoisotopic (exact) mass is 212 g/mol. The first-order valence-corrected chi connectivity index (χ1v) is 9.30. The molecule has 0 aromatic heterocycles. The average molecular weight is 212 g/mol. The number of hydrogen-bond acceptors (Lipinski definition) is 0. The van der Waals surface area contributed by atoms with Crippen molar-refractivity contribution in [2.75, 3.05) is 13.1 Å². The van der Waals surface area contributed by atoms with Gasteiger partial charge in [-0.1, -0.05) is 31.8 Å². The van der Waals surface area contributed by atoms with Crippen LogP contribution in [0, 0.1) is 0 Å². The lowest BCUT2D eigenvalue weighted by Gasteiger charge is -2.16. The van der Waals surface area contributed by atoms with Gasteiger partial charge in [-0.25, -0.2) is 4.58 Å². The van der Waals surface area contributed by atoms with Crippen molar-refractivity contribution in [2.24, 2.45) is 0 Å². The molecule has 0 rings (SSSR count). The minimum Gasteiger partial charge on any atom is -0.240 e. The number of rotatable bonds is 6. The van der Waals surface area contributed by atoms with E-state index in [1.807, 2.05) is 0 Å². The van der Waals surface area contributed by atoms with Crippen LogP contribution in [0.1, 0.15) is 20.3 Å². The predicted octanol–water partition coefficient (Wildman–Crippen LogP) is 3.39. The van der Waals surface area contributed by atoms with Crippen LogP contribution in [0.3, 0.4) is 0 Å². The molecule has 14 heavy (non-hydrogen) atoms. The van der Waals surface area contributed by atoms with Gasteiger partial charge in [-0.2, -0.15) is 0 Å². The fourth-order valence-electron chi connectivity index (χ4n) is 1.61. The Kier molecular flexibility index (Phi) is 6.01. The lowest BCUT2D eigenvalue weighted by atomic mass is 10.2. The summed E-state index contributed by atoms with van der Waals surface area (Å²) in [5.41, 5.74) is 1.43. The highest BCUT2D eigenvalue weighted by atomic mass is 28.3. The van der Waals surface area contributed by atoms with Crippen LogP contribution in [0.5, 0.6) is 0 Å². The van der Waals surface area contributed by atoms with Crippen LogP contribution in [0.25, 0.3) is 0 Å². The van der Waals surface area contributed by atoms with Crippen molar-refractivity contribution >= 4 is 14.3 Å². The molecule has 82 valence electrons. The zero-order valence-corrected chi connectivity index (χ0v) is 11.6. The molecule has 0 unspecified atom stereocenters. The smallest absolute Gasteiger partial charge is 0.146 e. The van der Waals surface area contributed by atoms with E-state index >= 15 is 0 Å². The Morgan fingerprint density at radius 2 is 1.93 bits per heavy atom. The Hall–Kier alpha value is -0.373. The molecule has 0 heterocycles. The largest absolute Gasteiger partial charge is 0.240 e. The van der Waals surface area contributed by atoms with E-state index in [0.717, 1.165) is 19.5 Å². The van der Waals surface area contributed by atoms with E-state index < -0.39 is 8.07 Å². The van der Waals surface area contributed by atoms with Crippen molar-refractivity contribution < 1.29 is 4.58 Å². The summed E-state index contributed by atoms with van der Waals surface area (Å²) in [4.78, 5) is 0. The van der Waals surface area contributed by atoms with E-state index in [4.69, 9.17) is 0 Å². The molecule has 0 aromatic carbocycles. The summed E-state index contributed by atoms with van der Waals surface area (Å²) in [5, 5.41) is 0. The molecule has 0 atom stereocenters. The van der Waals surface area contributed by atoms with Gasteiger partial charge < -0.3 is 0 Å². The van der Waals surface area contributed by atoms with E-state index in [2.05, 4.69) is 50.9 Å². The van der Waals surface area contributed by atoms with E-state index in [1.54, 1.807) is 0 Å². The Morgan fingerprint density at radius 1 is 1.36 bits per heavy atom. The first-order chi connectivity index (χ1) is 6.39. The molecule has 0 spiro atoms. The van der Waals surface area contributed by atoms with E-state index in [1.165, 1.54) is 11.6 Å². The van der Waals surface area contributed by atoms with Gasteiger partial charge in [-0.3, -0.25) is 0 Å². The normalized spacial score (nSPS) is 13.1. The number of hydrogen-bond donors (Lipinski definition) is 0. The third-order valence-electron chi connectivity index (χ3n) is 2.30. The predicted molar refractivity (Wildman–Crippen MR) is 69.3 cm³/mol. The Balaban J connectivity index is 3.86. The Labute approximate surface area is 90.6 Å². The topological polar surface area (TPSA) is 3.01 Å². The summed E-state index contributed by atoms with van der Waals surface area (Å²) in [6.07, 6.45) is 3.32. The van der Waals surface area contributed by atoms with Gasteiger partial charge in [0.05, 0.1) is 0 Å². The van der Waals surface area contributed by atoms with Gasteiger partial charge in [0.25, 0.3) is 0 Å². The van der Waals surface area contributed by atoms with Crippen LogP contribution in [0.2, 0.25) is 25.7 Å². The van der Waals surface area contributed by atoms with Gasteiger partial charge in [0.1, 0.15) is 19.3 Å². The van der Waals surface area contributed by atoms with Crippen LogP contribution in [0.15, 0.2) is 12.2 Å². The first-order valence-electron chi connectivity index (χ1n) is 5.59. The molecule has 0 amide bonds. The molecule has 0 N–H and O–H groups in total. The highest BCUT2D eigenvalue weighted by molar-refractivity contribution is 6.76. The molecule has 1 nitrogen and oxygen atoms in total. The maximum atomic E-state index is 4.17. The Bertz CT molecular complexity index is 211. The highest BCUT2D eigenvalue weighted by Gasteiger charge is 2.15. The van der Waals surface area contributed by atoms with E-state index in [-0.39, 0.29) is 0 Å². The molecular weight excluding hydrogens is 186 g/mol. The third-order valence-corrected chi connectivity index (χ3v) is 3.86. The summed E-state index contributed by atoms with van der Waals surface area (Å²) >= 11 is 0. The van der Waals surface area contributed by atoms with Gasteiger partial charge in [0, 0.05) is 21.4 Å². The zero-order chi connectivity index (χ0) is 11.2. The van der Waals surface area contributed by atoms with Crippen LogP contribution in [-0.4, -0.2) is 32.0 Å². The van der Waals surface area contributed by atoms with E-state index in [0.29, 0.717) is 0 Å². The number of nitrogens with zero attached hydrogens (tertiary/aromatic N) is 1. The lowest BCUT2D eigenvalue weighted by Crippen LogP contribution is -2.21. The molecule has 2 heteroatoms. The summed E-state index contributed by atoms with van der Waals surface area (Å²) in [5.74, 6) is 0. The zero-order valence-electron chi connectivity index (χ0n) is 10.6. The maximum absolute atomic E-state index is 4.17. The lowest BCUT2D eigenvalue weighted by molar-refractivity contribution is -0.519. The van der Waals surface area contributed by atoms with Crippen LogP contribution in [0.4, 0.5) is 0 Å². The van der Waals surface area contributed by atoms with Crippen molar-refractivity contribution in [2.45, 2.75) is 46.0 Å². The maximum Gasteiger partial charge on any atom is 0.146 e. The van der Waals surface area contributed by atoms with Crippen LogP contribution < -0.4 is 0 Å². The van der Waals surface area contributed by atoms with Gasteiger partial charge in [-0.15, -0.1) is 0 Å². The van der Waals surface area contributed by atoms with Gasteiger partial charge >= 0.3 is 0 Å². The first kappa shape index (κ1) is 13.6. The third kappa shape index (κ3) is 7.07. The fourth-order valence-corrected chi connectivity index (χ4v) is 3.29. The van der Waals surface area contributed by atoms with Crippen molar-refractivity contribution in [3.63, 3.8) is 0 Å². The van der Waals surface area contributed by atoms with Gasteiger partial charge in [0.15, 0.2) is 0 Å². The minimum atomic E-state index is -0.941. The molecule has 0 bridgehead atoms. The summed E-state index contributed by atoms with van der Waals surface area (Å²) in [7, 11) is -0.941. The molecule has 0 saturated heterocycles. The van der Waals surface area contributed by atoms with Crippen molar-refractivity contribution in [3.05, 3.63) is 12.2 Å². The van der Waals surface area contributed by atoms with Crippen molar-refractivity contribution in [1.29, 1.82) is 0 Å². The SMILES string of the molecule is C=C(CC[N+](=CC)CC)C[Si](C)(C)C. The standard InChI is InChI=1S/C12H26NSi/c1-7-13(8-2)10-9-12(3)11-14(4,5)6/h7H,3,8-11H2,1-2,4-6H3/q+1. The summed E-state index contributed by atoms with van der Waals surface area (Å²) < 4.78 is 2.34. The second-order valence-corrected chi connectivity index (χ2v) is 10.6. The molecular formula is C12H26NSi+. The molecule has 0 aliphatic rings. The van der Waals surface area contributed by atoms with Crippen LogP contribution >= 0.6 is 0 Å².